The van der Waals surface area contributed by atoms with Crippen LogP contribution in [0.15, 0.2) is 41.0 Å². The summed E-state index contributed by atoms with van der Waals surface area (Å²) in [5, 5.41) is 6.05. The van der Waals surface area contributed by atoms with Crippen LogP contribution in [0.5, 0.6) is 0 Å². The number of amides is 1. The largest absolute Gasteiger partial charge is 0.467 e. The lowest BCUT2D eigenvalue weighted by Gasteiger charge is -2.13. The maximum Gasteiger partial charge on any atom is 0.239 e. The minimum atomic E-state index is -0.127. The zero-order valence-electron chi connectivity index (χ0n) is 12.1. The van der Waals surface area contributed by atoms with Gasteiger partial charge in [0.1, 0.15) is 5.76 Å². The number of aryl methyl sites for hydroxylation is 2. The highest BCUT2D eigenvalue weighted by Gasteiger charge is 2.11. The Morgan fingerprint density at radius 3 is 2.80 bits per heavy atom. The number of carbonyl (C=O) groups excluding carboxylic acids is 1. The summed E-state index contributed by atoms with van der Waals surface area (Å²) in [5.74, 6) is 0.694. The Morgan fingerprint density at radius 2 is 2.10 bits per heavy atom. The number of hydrogen-bond donors (Lipinski definition) is 2. The fraction of sp³-hybridized carbons (Fsp3) is 0.312. The van der Waals surface area contributed by atoms with Gasteiger partial charge in [0.2, 0.25) is 5.91 Å². The molecule has 2 N–H and O–H groups in total. The highest BCUT2D eigenvalue weighted by atomic mass is 16.3. The first-order valence-electron chi connectivity index (χ1n) is 6.70. The molecule has 2 aromatic rings. The first-order valence-corrected chi connectivity index (χ1v) is 6.70. The third-order valence-electron chi connectivity index (χ3n) is 3.18. The number of carbonyl (C=O) groups is 1. The smallest absolute Gasteiger partial charge is 0.239 e. The molecule has 4 nitrogen and oxygen atoms in total. The molecule has 4 heteroatoms. The molecule has 0 aliphatic carbocycles. The fourth-order valence-corrected chi connectivity index (χ4v) is 2.00. The predicted molar refractivity (Wildman–Crippen MR) is 79.7 cm³/mol. The van der Waals surface area contributed by atoms with Crippen LogP contribution in [0.25, 0.3) is 0 Å². The molecule has 2 rings (SSSR count). The molecule has 0 spiro atoms. The number of hydrogen-bond acceptors (Lipinski definition) is 3. The fourth-order valence-electron chi connectivity index (χ4n) is 2.00. The van der Waals surface area contributed by atoms with E-state index in [0.29, 0.717) is 0 Å². The first kappa shape index (κ1) is 14.2. The molecule has 0 bridgehead atoms. The van der Waals surface area contributed by atoms with Gasteiger partial charge in [0, 0.05) is 5.69 Å². The zero-order valence-corrected chi connectivity index (χ0v) is 12.1. The Labute approximate surface area is 119 Å². The molecule has 20 heavy (non-hydrogen) atoms. The summed E-state index contributed by atoms with van der Waals surface area (Å²) in [6, 6.07) is 9.67. The SMILES string of the molecule is Cc1ccc(C)c(NCC(=O)NC(C)c2ccco2)c1. The summed E-state index contributed by atoms with van der Waals surface area (Å²) in [5.41, 5.74) is 3.29. The van der Waals surface area contributed by atoms with Crippen molar-refractivity contribution in [3.05, 3.63) is 53.5 Å². The molecule has 106 valence electrons. The minimum absolute atomic E-state index is 0.0604. The van der Waals surface area contributed by atoms with Gasteiger partial charge < -0.3 is 15.1 Å². The lowest BCUT2D eigenvalue weighted by Crippen LogP contribution is -2.32. The molecule has 1 heterocycles. The van der Waals surface area contributed by atoms with Gasteiger partial charge in [0.05, 0.1) is 18.8 Å². The Morgan fingerprint density at radius 1 is 1.30 bits per heavy atom. The van der Waals surface area contributed by atoms with E-state index in [4.69, 9.17) is 4.42 Å². The number of furan rings is 1. The van der Waals surface area contributed by atoms with Crippen molar-refractivity contribution in [2.45, 2.75) is 26.8 Å². The van der Waals surface area contributed by atoms with Crippen molar-refractivity contribution < 1.29 is 9.21 Å². The predicted octanol–water partition coefficient (Wildman–Crippen LogP) is 3.19. The number of benzene rings is 1. The van der Waals surface area contributed by atoms with E-state index >= 15 is 0 Å². The molecule has 1 unspecified atom stereocenters. The van der Waals surface area contributed by atoms with E-state index in [0.717, 1.165) is 17.0 Å². The quantitative estimate of drug-likeness (QED) is 0.879. The van der Waals surface area contributed by atoms with Gasteiger partial charge in [-0.25, -0.2) is 0 Å². The molecular weight excluding hydrogens is 252 g/mol. The molecule has 0 aliphatic heterocycles. The highest BCUT2D eigenvalue weighted by Crippen LogP contribution is 2.16. The van der Waals surface area contributed by atoms with Crippen LogP contribution in [0, 0.1) is 13.8 Å². The summed E-state index contributed by atoms with van der Waals surface area (Å²) in [7, 11) is 0. The third kappa shape index (κ3) is 3.63. The molecule has 1 aromatic heterocycles. The average molecular weight is 272 g/mol. The van der Waals surface area contributed by atoms with Crippen LogP contribution in [-0.4, -0.2) is 12.5 Å². The Hall–Kier alpha value is -2.23. The Bertz CT molecular complexity index is 576. The maximum atomic E-state index is 11.9. The first-order chi connectivity index (χ1) is 9.56. The van der Waals surface area contributed by atoms with Crippen molar-refractivity contribution in [1.82, 2.24) is 5.32 Å². The van der Waals surface area contributed by atoms with Gasteiger partial charge >= 0.3 is 0 Å². The van der Waals surface area contributed by atoms with Crippen molar-refractivity contribution >= 4 is 11.6 Å². The van der Waals surface area contributed by atoms with Gasteiger partial charge in [0.25, 0.3) is 0 Å². The van der Waals surface area contributed by atoms with Crippen LogP contribution in [0.4, 0.5) is 5.69 Å². The second-order valence-corrected chi connectivity index (χ2v) is 4.98. The Kier molecular flexibility index (Phi) is 4.45. The van der Waals surface area contributed by atoms with Gasteiger partial charge in [-0.2, -0.15) is 0 Å². The summed E-state index contributed by atoms with van der Waals surface area (Å²) in [6.45, 7) is 6.19. The second-order valence-electron chi connectivity index (χ2n) is 4.98. The van der Waals surface area contributed by atoms with Gasteiger partial charge in [-0.15, -0.1) is 0 Å². The standard InChI is InChI=1S/C16H20N2O2/c1-11-6-7-12(2)14(9-11)17-10-16(19)18-13(3)15-5-4-8-20-15/h4-9,13,17H,10H2,1-3H3,(H,18,19). The van der Waals surface area contributed by atoms with E-state index in [1.165, 1.54) is 5.56 Å². The molecule has 1 atom stereocenters. The molecule has 0 aliphatic rings. The van der Waals surface area contributed by atoms with Crippen molar-refractivity contribution in [3.8, 4) is 0 Å². The van der Waals surface area contributed by atoms with Crippen molar-refractivity contribution in [2.75, 3.05) is 11.9 Å². The summed E-state index contributed by atoms with van der Waals surface area (Å²) < 4.78 is 5.26. The van der Waals surface area contributed by atoms with E-state index in [2.05, 4.69) is 16.7 Å². The number of anilines is 1. The molecule has 0 saturated heterocycles. The van der Waals surface area contributed by atoms with Crippen LogP contribution in [-0.2, 0) is 4.79 Å². The van der Waals surface area contributed by atoms with Crippen molar-refractivity contribution in [1.29, 1.82) is 0 Å². The molecule has 0 radical (unpaired) electrons. The monoisotopic (exact) mass is 272 g/mol. The minimum Gasteiger partial charge on any atom is -0.467 e. The van der Waals surface area contributed by atoms with Crippen LogP contribution in [0.2, 0.25) is 0 Å². The van der Waals surface area contributed by atoms with Crippen molar-refractivity contribution in [2.24, 2.45) is 0 Å². The van der Waals surface area contributed by atoms with Gasteiger partial charge in [-0.3, -0.25) is 4.79 Å². The van der Waals surface area contributed by atoms with Crippen LogP contribution >= 0.6 is 0 Å². The molecule has 0 fully saturated rings. The maximum absolute atomic E-state index is 11.9. The highest BCUT2D eigenvalue weighted by molar-refractivity contribution is 5.81. The Balaban J connectivity index is 1.87. The summed E-state index contributed by atoms with van der Waals surface area (Å²) in [6.07, 6.45) is 1.60. The normalized spacial score (nSPS) is 11.9. The van der Waals surface area contributed by atoms with Crippen LogP contribution < -0.4 is 10.6 Å². The number of rotatable bonds is 5. The van der Waals surface area contributed by atoms with Gasteiger partial charge in [-0.05, 0) is 50.1 Å². The molecular formula is C16H20N2O2. The van der Waals surface area contributed by atoms with Gasteiger partial charge in [0.15, 0.2) is 0 Å². The van der Waals surface area contributed by atoms with E-state index < -0.39 is 0 Å². The molecule has 1 amide bonds. The van der Waals surface area contributed by atoms with E-state index in [1.54, 1.807) is 6.26 Å². The third-order valence-corrected chi connectivity index (χ3v) is 3.18. The van der Waals surface area contributed by atoms with E-state index in [-0.39, 0.29) is 18.5 Å². The van der Waals surface area contributed by atoms with E-state index in [9.17, 15) is 4.79 Å². The summed E-state index contributed by atoms with van der Waals surface area (Å²) >= 11 is 0. The van der Waals surface area contributed by atoms with Crippen LogP contribution in [0.3, 0.4) is 0 Å². The van der Waals surface area contributed by atoms with E-state index in [1.807, 2.05) is 45.0 Å². The molecule has 1 aromatic carbocycles. The van der Waals surface area contributed by atoms with Crippen molar-refractivity contribution in [3.63, 3.8) is 0 Å². The van der Waals surface area contributed by atoms with Gasteiger partial charge in [-0.1, -0.05) is 12.1 Å². The van der Waals surface area contributed by atoms with Crippen LogP contribution in [0.1, 0.15) is 29.9 Å². The lowest BCUT2D eigenvalue weighted by molar-refractivity contribution is -0.120. The molecule has 0 saturated carbocycles. The average Bonchev–Trinajstić information content (AvgIpc) is 2.94. The zero-order chi connectivity index (χ0) is 14.5. The number of nitrogens with one attached hydrogen (secondary N) is 2. The topological polar surface area (TPSA) is 54.3 Å². The lowest BCUT2D eigenvalue weighted by atomic mass is 10.1. The summed E-state index contributed by atoms with van der Waals surface area (Å²) in [4.78, 5) is 11.9. The second kappa shape index (κ2) is 6.28.